The van der Waals surface area contributed by atoms with Gasteiger partial charge in [0.2, 0.25) is 0 Å². The third kappa shape index (κ3) is 3.79. The molecule has 2 atom stereocenters. The van der Waals surface area contributed by atoms with Crippen LogP contribution in [-0.2, 0) is 4.74 Å². The number of morpholine rings is 1. The first-order chi connectivity index (χ1) is 11.2. The third-order valence-corrected chi connectivity index (χ3v) is 4.60. The zero-order valence-electron chi connectivity index (χ0n) is 14.5. The Bertz CT molecular complexity index is 521. The van der Waals surface area contributed by atoms with Gasteiger partial charge in [-0.1, -0.05) is 0 Å². The lowest BCUT2D eigenvalue weighted by atomic mass is 9.97. The summed E-state index contributed by atoms with van der Waals surface area (Å²) >= 11 is 0. The van der Waals surface area contributed by atoms with Crippen molar-refractivity contribution in [2.45, 2.75) is 25.5 Å². The summed E-state index contributed by atoms with van der Waals surface area (Å²) in [6, 6.07) is 6.53. The second kappa shape index (κ2) is 7.51. The van der Waals surface area contributed by atoms with Crippen LogP contribution >= 0.6 is 0 Å². The Kier molecular flexibility index (Phi) is 5.41. The monoisotopic (exact) mass is 320 g/mol. The fourth-order valence-corrected chi connectivity index (χ4v) is 3.42. The molecule has 0 aliphatic carbocycles. The fourth-order valence-electron chi connectivity index (χ4n) is 3.42. The molecular formula is C18H28N2O3. The number of hydrogen-bond acceptors (Lipinski definition) is 5. The second-order valence-electron chi connectivity index (χ2n) is 6.47. The van der Waals surface area contributed by atoms with E-state index >= 15 is 0 Å². The molecule has 23 heavy (non-hydrogen) atoms. The van der Waals surface area contributed by atoms with E-state index in [2.05, 4.69) is 30.0 Å². The third-order valence-electron chi connectivity index (χ3n) is 4.60. The molecule has 1 saturated heterocycles. The van der Waals surface area contributed by atoms with E-state index < -0.39 is 0 Å². The van der Waals surface area contributed by atoms with Crippen LogP contribution in [0.3, 0.4) is 0 Å². The van der Waals surface area contributed by atoms with Crippen molar-refractivity contribution >= 4 is 0 Å². The SMILES string of the molecule is CCOc1ccc2c(c1)OCC[C@H]1[C@H]2OCCN1CCN(C)C. The van der Waals surface area contributed by atoms with E-state index in [4.69, 9.17) is 14.2 Å². The predicted molar refractivity (Wildman–Crippen MR) is 90.3 cm³/mol. The number of hydrogen-bond donors (Lipinski definition) is 0. The second-order valence-corrected chi connectivity index (χ2v) is 6.47. The summed E-state index contributed by atoms with van der Waals surface area (Å²) in [5.74, 6) is 1.78. The average Bonchev–Trinajstić information content (AvgIpc) is 2.72. The lowest BCUT2D eigenvalue weighted by Gasteiger charge is -2.40. The minimum atomic E-state index is 0.0964. The lowest BCUT2D eigenvalue weighted by Crippen LogP contribution is -2.49. The predicted octanol–water partition coefficient (Wildman–Crippen LogP) is 2.17. The summed E-state index contributed by atoms with van der Waals surface area (Å²) in [6.45, 7) is 7.31. The largest absolute Gasteiger partial charge is 0.494 e. The molecule has 1 aromatic carbocycles. The van der Waals surface area contributed by atoms with E-state index in [0.29, 0.717) is 12.6 Å². The Morgan fingerprint density at radius 2 is 2.17 bits per heavy atom. The molecule has 5 heteroatoms. The van der Waals surface area contributed by atoms with Gasteiger partial charge < -0.3 is 19.1 Å². The van der Waals surface area contributed by atoms with E-state index in [1.165, 1.54) is 0 Å². The maximum Gasteiger partial charge on any atom is 0.128 e. The van der Waals surface area contributed by atoms with Gasteiger partial charge in [-0.15, -0.1) is 0 Å². The molecule has 0 N–H and O–H groups in total. The van der Waals surface area contributed by atoms with Gasteiger partial charge in [0, 0.05) is 37.3 Å². The molecule has 128 valence electrons. The molecule has 1 aromatic rings. The van der Waals surface area contributed by atoms with Crippen LogP contribution in [0.15, 0.2) is 18.2 Å². The van der Waals surface area contributed by atoms with Crippen LogP contribution in [-0.4, -0.2) is 69.4 Å². The number of ether oxygens (including phenoxy) is 3. The van der Waals surface area contributed by atoms with Crippen LogP contribution < -0.4 is 9.47 Å². The molecule has 2 heterocycles. The number of likely N-dealkylation sites (N-methyl/N-ethyl adjacent to an activating group) is 1. The van der Waals surface area contributed by atoms with Crippen LogP contribution in [0.2, 0.25) is 0 Å². The van der Waals surface area contributed by atoms with Crippen LogP contribution in [0.4, 0.5) is 0 Å². The van der Waals surface area contributed by atoms with Gasteiger partial charge in [-0.2, -0.15) is 0 Å². The maximum atomic E-state index is 6.15. The first kappa shape index (κ1) is 16.6. The summed E-state index contributed by atoms with van der Waals surface area (Å²) < 4.78 is 17.8. The van der Waals surface area contributed by atoms with Gasteiger partial charge in [-0.3, -0.25) is 4.90 Å². The van der Waals surface area contributed by atoms with Gasteiger partial charge >= 0.3 is 0 Å². The van der Waals surface area contributed by atoms with Crippen molar-refractivity contribution in [2.24, 2.45) is 0 Å². The van der Waals surface area contributed by atoms with E-state index in [1.807, 2.05) is 19.1 Å². The molecule has 1 fully saturated rings. The summed E-state index contributed by atoms with van der Waals surface area (Å²) in [5.41, 5.74) is 1.16. The molecule has 0 bridgehead atoms. The Balaban J connectivity index is 1.80. The molecule has 0 radical (unpaired) electrons. The van der Waals surface area contributed by atoms with Crippen LogP contribution in [0.1, 0.15) is 25.0 Å². The molecule has 0 saturated carbocycles. The van der Waals surface area contributed by atoms with Gasteiger partial charge in [0.1, 0.15) is 17.6 Å². The van der Waals surface area contributed by atoms with Crippen molar-refractivity contribution in [2.75, 3.05) is 53.6 Å². The van der Waals surface area contributed by atoms with E-state index in [0.717, 1.165) is 56.3 Å². The topological polar surface area (TPSA) is 34.2 Å². The number of fused-ring (bicyclic) bond motifs is 3. The standard InChI is InChI=1S/C18H28N2O3/c1-4-21-14-5-6-15-17(13-14)22-11-7-16-18(15)23-12-10-20(16)9-8-19(2)3/h5-6,13,16,18H,4,7-12H2,1-3H3/t16-,18-/m0/s1. The normalized spacial score (nSPS) is 24.5. The van der Waals surface area contributed by atoms with Crippen molar-refractivity contribution < 1.29 is 14.2 Å². The molecule has 0 aromatic heterocycles. The molecular weight excluding hydrogens is 292 g/mol. The van der Waals surface area contributed by atoms with Crippen molar-refractivity contribution in [3.8, 4) is 11.5 Å². The van der Waals surface area contributed by atoms with E-state index in [1.54, 1.807) is 0 Å². The summed E-state index contributed by atoms with van der Waals surface area (Å²) in [4.78, 5) is 4.79. The van der Waals surface area contributed by atoms with Gasteiger partial charge in [-0.05, 0) is 39.6 Å². The highest BCUT2D eigenvalue weighted by Crippen LogP contribution is 2.39. The average molecular weight is 320 g/mol. The Morgan fingerprint density at radius 3 is 2.96 bits per heavy atom. The summed E-state index contributed by atoms with van der Waals surface area (Å²) in [5, 5.41) is 0. The van der Waals surface area contributed by atoms with Gasteiger partial charge in [0.15, 0.2) is 0 Å². The van der Waals surface area contributed by atoms with E-state index in [-0.39, 0.29) is 6.10 Å². The van der Waals surface area contributed by atoms with Crippen molar-refractivity contribution in [3.63, 3.8) is 0 Å². The van der Waals surface area contributed by atoms with Gasteiger partial charge in [0.05, 0.1) is 19.8 Å². The molecule has 2 aliphatic rings. The lowest BCUT2D eigenvalue weighted by molar-refractivity contribution is -0.0753. The zero-order valence-corrected chi connectivity index (χ0v) is 14.5. The van der Waals surface area contributed by atoms with Crippen LogP contribution in [0.5, 0.6) is 11.5 Å². The van der Waals surface area contributed by atoms with Crippen LogP contribution in [0.25, 0.3) is 0 Å². The van der Waals surface area contributed by atoms with Crippen molar-refractivity contribution in [3.05, 3.63) is 23.8 Å². The fraction of sp³-hybridized carbons (Fsp3) is 0.667. The molecule has 0 amide bonds. The Labute approximate surface area is 139 Å². The highest BCUT2D eigenvalue weighted by molar-refractivity contribution is 5.43. The Morgan fingerprint density at radius 1 is 1.30 bits per heavy atom. The van der Waals surface area contributed by atoms with Gasteiger partial charge in [0.25, 0.3) is 0 Å². The number of nitrogens with zero attached hydrogens (tertiary/aromatic N) is 2. The summed E-state index contributed by atoms with van der Waals surface area (Å²) in [6.07, 6.45) is 1.09. The van der Waals surface area contributed by atoms with Crippen molar-refractivity contribution in [1.82, 2.24) is 9.80 Å². The van der Waals surface area contributed by atoms with E-state index in [9.17, 15) is 0 Å². The smallest absolute Gasteiger partial charge is 0.128 e. The highest BCUT2D eigenvalue weighted by Gasteiger charge is 2.36. The number of benzene rings is 1. The minimum Gasteiger partial charge on any atom is -0.494 e. The minimum absolute atomic E-state index is 0.0964. The van der Waals surface area contributed by atoms with Gasteiger partial charge in [-0.25, -0.2) is 0 Å². The molecule has 2 aliphatic heterocycles. The van der Waals surface area contributed by atoms with Crippen LogP contribution in [0, 0.1) is 0 Å². The maximum absolute atomic E-state index is 6.15. The highest BCUT2D eigenvalue weighted by atomic mass is 16.5. The molecule has 3 rings (SSSR count). The van der Waals surface area contributed by atoms with Crippen molar-refractivity contribution in [1.29, 1.82) is 0 Å². The summed E-state index contributed by atoms with van der Waals surface area (Å²) in [7, 11) is 4.25. The molecule has 0 spiro atoms. The first-order valence-electron chi connectivity index (χ1n) is 8.59. The Hall–Kier alpha value is -1.30. The zero-order chi connectivity index (χ0) is 16.2. The quantitative estimate of drug-likeness (QED) is 0.831. The number of rotatable bonds is 5. The first-order valence-corrected chi connectivity index (χ1v) is 8.59. The molecule has 5 nitrogen and oxygen atoms in total. The molecule has 0 unspecified atom stereocenters.